The van der Waals surface area contributed by atoms with Gasteiger partial charge in [-0.25, -0.2) is 0 Å². The van der Waals surface area contributed by atoms with E-state index in [-0.39, 0.29) is 18.1 Å². The number of rotatable bonds is 9. The van der Waals surface area contributed by atoms with Crippen LogP contribution in [-0.2, 0) is 20.2 Å². The van der Waals surface area contributed by atoms with E-state index in [0.717, 1.165) is 35.2 Å². The zero-order chi connectivity index (χ0) is 29.7. The van der Waals surface area contributed by atoms with Crippen molar-refractivity contribution in [1.82, 2.24) is 4.98 Å². The molecule has 3 atom stereocenters. The van der Waals surface area contributed by atoms with Gasteiger partial charge in [0, 0.05) is 17.5 Å². The Morgan fingerprint density at radius 3 is 2.12 bits per heavy atom. The van der Waals surface area contributed by atoms with Crippen LogP contribution in [0.2, 0.25) is 0 Å². The van der Waals surface area contributed by atoms with Gasteiger partial charge in [0.15, 0.2) is 11.5 Å². The van der Waals surface area contributed by atoms with Crippen LogP contribution < -0.4 is 18.9 Å². The number of pyridine rings is 1. The van der Waals surface area contributed by atoms with Gasteiger partial charge in [0.2, 0.25) is 11.8 Å². The number of benzene rings is 1. The fraction of sp³-hybridized carbons (Fsp3) is 0.520. The molecule has 0 spiro atoms. The molecule has 15 heteroatoms. The molecule has 2 aromatic rings. The van der Waals surface area contributed by atoms with Gasteiger partial charge >= 0.3 is 0 Å². The first-order valence-corrected chi connectivity index (χ1v) is 15.6. The summed E-state index contributed by atoms with van der Waals surface area (Å²) in [5, 5.41) is 10.3. The highest BCUT2D eigenvalue weighted by Crippen LogP contribution is 2.45. The molecule has 0 bridgehead atoms. The van der Waals surface area contributed by atoms with Crippen molar-refractivity contribution < 1.29 is 50.0 Å². The van der Waals surface area contributed by atoms with Gasteiger partial charge in [-0.2, -0.15) is 21.8 Å². The molecule has 1 fully saturated rings. The molecule has 1 aromatic carbocycles. The van der Waals surface area contributed by atoms with E-state index in [1.807, 2.05) is 31.2 Å². The average molecular weight is 603 g/mol. The Labute approximate surface area is 233 Å². The highest BCUT2D eigenvalue weighted by molar-refractivity contribution is 7.89. The van der Waals surface area contributed by atoms with E-state index in [0.29, 0.717) is 36.3 Å². The van der Waals surface area contributed by atoms with E-state index in [2.05, 4.69) is 4.98 Å². The summed E-state index contributed by atoms with van der Waals surface area (Å²) in [6.07, 6.45) is 1.95. The molecular weight excluding hydrogens is 568 g/mol. The van der Waals surface area contributed by atoms with Crippen LogP contribution in [0.3, 0.4) is 0 Å². The van der Waals surface area contributed by atoms with Crippen molar-refractivity contribution in [2.75, 3.05) is 39.4 Å². The Kier molecular flexibility index (Phi) is 10.3. The topological polar surface area (TPSA) is 191 Å². The number of hydrogen-bond donors (Lipinski definition) is 3. The molecule has 222 valence electrons. The molecule has 2 aliphatic rings. The summed E-state index contributed by atoms with van der Waals surface area (Å²) in [5.74, 6) is 0.473. The Bertz CT molecular complexity index is 1410. The highest BCUT2D eigenvalue weighted by atomic mass is 32.2. The maximum Gasteiger partial charge on any atom is 0.265 e. The number of methoxy groups -OCH3 is 3. The SMILES string of the molecule is CCOc1cc2c(cc1OC)C(c1ccc(OC)nc1OC)=N[C@@H]1CC[C@@H](O)C[C@H]21.O=S(=O)(O)CCS(=O)(=O)O. The molecule has 3 N–H and O–H groups in total. The van der Waals surface area contributed by atoms with Crippen LogP contribution in [0.4, 0.5) is 0 Å². The van der Waals surface area contributed by atoms with E-state index in [4.69, 9.17) is 33.0 Å². The number of aliphatic hydroxyl groups is 1. The number of nitrogens with zero attached hydrogens (tertiary/aromatic N) is 2. The molecule has 0 radical (unpaired) electrons. The Balaban J connectivity index is 0.000000378. The zero-order valence-electron chi connectivity index (χ0n) is 22.6. The van der Waals surface area contributed by atoms with Gasteiger partial charge in [-0.3, -0.25) is 14.1 Å². The second kappa shape index (κ2) is 13.1. The lowest BCUT2D eigenvalue weighted by Crippen LogP contribution is -2.34. The van der Waals surface area contributed by atoms with Crippen LogP contribution in [0.15, 0.2) is 29.3 Å². The molecule has 1 aliphatic carbocycles. The summed E-state index contributed by atoms with van der Waals surface area (Å²) in [6.45, 7) is 2.50. The summed E-state index contributed by atoms with van der Waals surface area (Å²) in [6, 6.07) is 7.84. The van der Waals surface area contributed by atoms with Crippen LogP contribution in [0.5, 0.6) is 23.3 Å². The maximum absolute atomic E-state index is 10.3. The van der Waals surface area contributed by atoms with Crippen LogP contribution in [0.1, 0.15) is 48.8 Å². The second-order valence-electron chi connectivity index (χ2n) is 9.12. The zero-order valence-corrected chi connectivity index (χ0v) is 24.2. The molecule has 1 aliphatic heterocycles. The monoisotopic (exact) mass is 602 g/mol. The van der Waals surface area contributed by atoms with Gasteiger partial charge in [0.05, 0.1) is 62.9 Å². The van der Waals surface area contributed by atoms with Gasteiger partial charge in [-0.05, 0) is 49.9 Å². The first-order valence-electron chi connectivity index (χ1n) is 12.4. The van der Waals surface area contributed by atoms with Crippen LogP contribution in [-0.4, -0.2) is 93.3 Å². The third-order valence-corrected chi connectivity index (χ3v) is 8.16. The molecule has 4 rings (SSSR count). The van der Waals surface area contributed by atoms with E-state index in [1.54, 1.807) is 21.3 Å². The molecule has 0 saturated heterocycles. The number of aromatic nitrogens is 1. The van der Waals surface area contributed by atoms with Crippen molar-refractivity contribution in [1.29, 1.82) is 0 Å². The lowest BCUT2D eigenvalue weighted by atomic mass is 9.74. The van der Waals surface area contributed by atoms with Crippen molar-refractivity contribution in [2.24, 2.45) is 4.99 Å². The fourth-order valence-electron chi connectivity index (χ4n) is 4.67. The number of aliphatic hydroxyl groups excluding tert-OH is 1. The van der Waals surface area contributed by atoms with Crippen molar-refractivity contribution in [3.63, 3.8) is 0 Å². The Morgan fingerprint density at radius 2 is 1.57 bits per heavy atom. The first kappa shape index (κ1) is 31.5. The summed E-state index contributed by atoms with van der Waals surface area (Å²) in [4.78, 5) is 9.56. The molecule has 13 nitrogen and oxygen atoms in total. The second-order valence-corrected chi connectivity index (χ2v) is 12.3. The molecule has 2 heterocycles. The third-order valence-electron chi connectivity index (χ3n) is 6.46. The standard InChI is InChI=1S/C23H28N2O5.C2H6O6S2/c1-5-30-20-11-15-16-10-13(26)6-8-18(16)24-22(17(15)12-19(20)27-2)14-7-9-21(28-3)25-23(14)29-4;3-9(4,5)1-2-10(6,7)8/h7,9,11-13,16,18,26H,5-6,8,10H2,1-4H3;1-2H2,(H,3,4,5)(H,6,7,8)/t13-,16-,18-;/m1./s1. The molecule has 0 amide bonds. The summed E-state index contributed by atoms with van der Waals surface area (Å²) in [5.41, 5.74) is 3.69. The normalized spacial score (nSPS) is 20.2. The van der Waals surface area contributed by atoms with Gasteiger partial charge < -0.3 is 24.1 Å². The average Bonchev–Trinajstić information content (AvgIpc) is 2.90. The minimum absolute atomic E-state index is 0.0885. The number of aliphatic imine (C=N–C) groups is 1. The lowest BCUT2D eigenvalue weighted by molar-refractivity contribution is 0.111. The number of fused-ring (bicyclic) bond motifs is 3. The molecule has 0 unspecified atom stereocenters. The Morgan fingerprint density at radius 1 is 0.900 bits per heavy atom. The van der Waals surface area contributed by atoms with Crippen molar-refractivity contribution in [2.45, 2.75) is 44.2 Å². The summed E-state index contributed by atoms with van der Waals surface area (Å²) >= 11 is 0. The molecule has 40 heavy (non-hydrogen) atoms. The first-order chi connectivity index (χ1) is 18.8. The van der Waals surface area contributed by atoms with E-state index < -0.39 is 31.7 Å². The van der Waals surface area contributed by atoms with Crippen LogP contribution >= 0.6 is 0 Å². The number of hydrogen-bond acceptors (Lipinski definition) is 11. The van der Waals surface area contributed by atoms with Gasteiger partial charge in [-0.1, -0.05) is 0 Å². The summed E-state index contributed by atoms with van der Waals surface area (Å²) < 4.78 is 77.6. The van der Waals surface area contributed by atoms with E-state index in [9.17, 15) is 21.9 Å². The summed E-state index contributed by atoms with van der Waals surface area (Å²) in [7, 11) is -3.79. The highest BCUT2D eigenvalue weighted by Gasteiger charge is 2.38. The Hall–Kier alpha value is -2.98. The quantitative estimate of drug-likeness (QED) is 0.355. The van der Waals surface area contributed by atoms with Gasteiger partial charge in [0.25, 0.3) is 20.2 Å². The van der Waals surface area contributed by atoms with Crippen molar-refractivity contribution in [3.8, 4) is 23.3 Å². The van der Waals surface area contributed by atoms with Gasteiger partial charge in [-0.15, -0.1) is 0 Å². The third kappa shape index (κ3) is 8.04. The molecule has 1 aromatic heterocycles. The minimum atomic E-state index is -4.30. The smallest absolute Gasteiger partial charge is 0.265 e. The largest absolute Gasteiger partial charge is 0.493 e. The molecular formula is C25H34N2O11S2. The van der Waals surface area contributed by atoms with E-state index in [1.165, 1.54) is 0 Å². The van der Waals surface area contributed by atoms with Crippen LogP contribution in [0, 0.1) is 0 Å². The minimum Gasteiger partial charge on any atom is -0.493 e. The molecule has 1 saturated carbocycles. The lowest BCUT2D eigenvalue weighted by Gasteiger charge is -2.37. The van der Waals surface area contributed by atoms with Crippen molar-refractivity contribution in [3.05, 3.63) is 41.0 Å². The predicted molar refractivity (Wildman–Crippen MR) is 146 cm³/mol. The van der Waals surface area contributed by atoms with Crippen molar-refractivity contribution >= 4 is 25.9 Å². The van der Waals surface area contributed by atoms with Gasteiger partial charge in [0.1, 0.15) is 0 Å². The fourth-order valence-corrected chi connectivity index (χ4v) is 6.36. The van der Waals surface area contributed by atoms with Crippen LogP contribution in [0.25, 0.3) is 0 Å². The maximum atomic E-state index is 10.3. The predicted octanol–water partition coefficient (Wildman–Crippen LogP) is 2.12. The van der Waals surface area contributed by atoms with E-state index >= 15 is 0 Å². The number of ether oxygens (including phenoxy) is 4.